The number of aromatic nitrogens is 2. The SMILES string of the molecule is CCCc1cc(C(=O)N2CCC([C@@]3(c4cccnc4)NC(=O)N(Cc4ccsc4)C3=O)CC2)no1. The molecule has 1 atom stereocenters. The van der Waals surface area contributed by atoms with Crippen molar-refractivity contribution in [2.75, 3.05) is 13.1 Å². The Hall–Kier alpha value is -3.53. The molecule has 0 radical (unpaired) electrons. The number of pyridine rings is 1. The second-order valence-electron chi connectivity index (χ2n) is 9.00. The fraction of sp³-hybridized carbons (Fsp3) is 0.400. The Kier molecular flexibility index (Phi) is 6.38. The number of rotatable bonds is 7. The Balaban J connectivity index is 1.37. The number of imide groups is 1. The van der Waals surface area contributed by atoms with E-state index in [0.717, 1.165) is 18.4 Å². The van der Waals surface area contributed by atoms with Gasteiger partial charge in [0.2, 0.25) is 0 Å². The Morgan fingerprint density at radius 2 is 2.11 bits per heavy atom. The minimum Gasteiger partial charge on any atom is -0.361 e. The molecule has 2 aliphatic rings. The second-order valence-corrected chi connectivity index (χ2v) is 9.78. The molecule has 0 bridgehead atoms. The van der Waals surface area contributed by atoms with Gasteiger partial charge in [0.1, 0.15) is 5.76 Å². The molecule has 2 saturated heterocycles. The summed E-state index contributed by atoms with van der Waals surface area (Å²) < 4.78 is 5.27. The Morgan fingerprint density at radius 1 is 1.29 bits per heavy atom. The largest absolute Gasteiger partial charge is 0.361 e. The van der Waals surface area contributed by atoms with Crippen LogP contribution in [-0.2, 0) is 23.3 Å². The number of thiophene rings is 1. The van der Waals surface area contributed by atoms with Crippen LogP contribution in [0.5, 0.6) is 0 Å². The fourth-order valence-electron chi connectivity index (χ4n) is 5.06. The molecule has 3 aromatic heterocycles. The number of carbonyl (C=O) groups is 3. The third kappa shape index (κ3) is 4.22. The molecule has 4 amide bonds. The maximum atomic E-state index is 13.9. The van der Waals surface area contributed by atoms with Crippen molar-refractivity contribution in [2.45, 2.75) is 44.7 Å². The lowest BCUT2D eigenvalue weighted by atomic mass is 9.73. The highest BCUT2D eigenvalue weighted by molar-refractivity contribution is 7.07. The average Bonchev–Trinajstić information content (AvgIpc) is 3.62. The molecular formula is C25H27N5O4S. The van der Waals surface area contributed by atoms with Crippen molar-refractivity contribution < 1.29 is 18.9 Å². The van der Waals surface area contributed by atoms with Crippen LogP contribution in [0, 0.1) is 5.92 Å². The number of hydrogen-bond acceptors (Lipinski definition) is 7. The number of carbonyl (C=O) groups excluding carboxylic acids is 3. The van der Waals surface area contributed by atoms with Gasteiger partial charge in [0.25, 0.3) is 11.8 Å². The van der Waals surface area contributed by atoms with Gasteiger partial charge in [-0.25, -0.2) is 4.79 Å². The van der Waals surface area contributed by atoms with Crippen molar-refractivity contribution >= 4 is 29.2 Å². The molecule has 0 unspecified atom stereocenters. The summed E-state index contributed by atoms with van der Waals surface area (Å²) in [5.41, 5.74) is 0.673. The molecule has 0 aliphatic carbocycles. The quantitative estimate of drug-likeness (QED) is 0.504. The van der Waals surface area contributed by atoms with E-state index < -0.39 is 11.6 Å². The maximum Gasteiger partial charge on any atom is 0.325 e. The lowest BCUT2D eigenvalue weighted by Crippen LogP contribution is -2.54. The van der Waals surface area contributed by atoms with E-state index in [1.807, 2.05) is 29.8 Å². The summed E-state index contributed by atoms with van der Waals surface area (Å²) in [6.45, 7) is 3.17. The van der Waals surface area contributed by atoms with Crippen LogP contribution in [0.1, 0.15) is 53.6 Å². The van der Waals surface area contributed by atoms with E-state index in [4.69, 9.17) is 4.52 Å². The van der Waals surface area contributed by atoms with E-state index in [1.54, 1.807) is 29.4 Å². The number of aryl methyl sites for hydroxylation is 1. The third-order valence-electron chi connectivity index (χ3n) is 6.84. The highest BCUT2D eigenvalue weighted by Gasteiger charge is 2.57. The van der Waals surface area contributed by atoms with Gasteiger partial charge in [0.05, 0.1) is 6.54 Å². The summed E-state index contributed by atoms with van der Waals surface area (Å²) in [6.07, 6.45) is 6.05. The van der Waals surface area contributed by atoms with Crippen molar-refractivity contribution in [1.82, 2.24) is 25.3 Å². The van der Waals surface area contributed by atoms with Crippen molar-refractivity contribution in [3.8, 4) is 0 Å². The number of piperidine rings is 1. The first-order valence-corrected chi connectivity index (χ1v) is 12.8. The second kappa shape index (κ2) is 9.61. The zero-order valence-corrected chi connectivity index (χ0v) is 20.3. The number of nitrogens with one attached hydrogen (secondary N) is 1. The zero-order valence-electron chi connectivity index (χ0n) is 19.5. The third-order valence-corrected chi connectivity index (χ3v) is 7.57. The van der Waals surface area contributed by atoms with Crippen molar-refractivity contribution in [3.05, 3.63) is 70.0 Å². The molecule has 9 nitrogen and oxygen atoms in total. The van der Waals surface area contributed by atoms with E-state index in [-0.39, 0.29) is 24.3 Å². The molecule has 5 heterocycles. The number of urea groups is 1. The van der Waals surface area contributed by atoms with Crippen LogP contribution in [0.25, 0.3) is 0 Å². The van der Waals surface area contributed by atoms with Gasteiger partial charge in [-0.05, 0) is 53.6 Å². The number of nitrogens with zero attached hydrogens (tertiary/aromatic N) is 4. The highest BCUT2D eigenvalue weighted by Crippen LogP contribution is 2.41. The molecule has 2 fully saturated rings. The molecule has 182 valence electrons. The summed E-state index contributed by atoms with van der Waals surface area (Å²) in [4.78, 5) is 47.2. The van der Waals surface area contributed by atoms with Crippen LogP contribution >= 0.6 is 11.3 Å². The van der Waals surface area contributed by atoms with Crippen LogP contribution < -0.4 is 5.32 Å². The summed E-state index contributed by atoms with van der Waals surface area (Å²) in [7, 11) is 0. The minimum atomic E-state index is -1.21. The van der Waals surface area contributed by atoms with E-state index in [9.17, 15) is 14.4 Å². The van der Waals surface area contributed by atoms with Crippen LogP contribution in [0.15, 0.2) is 51.9 Å². The van der Waals surface area contributed by atoms with E-state index in [1.165, 1.54) is 16.2 Å². The first-order chi connectivity index (χ1) is 17.0. The zero-order chi connectivity index (χ0) is 24.4. The predicted octanol–water partition coefficient (Wildman–Crippen LogP) is 3.58. The molecule has 2 aliphatic heterocycles. The summed E-state index contributed by atoms with van der Waals surface area (Å²) in [6, 6.07) is 6.82. The summed E-state index contributed by atoms with van der Waals surface area (Å²) in [5, 5.41) is 10.8. The predicted molar refractivity (Wildman–Crippen MR) is 128 cm³/mol. The van der Waals surface area contributed by atoms with Gasteiger partial charge in [0, 0.05) is 43.5 Å². The van der Waals surface area contributed by atoms with E-state index >= 15 is 0 Å². The van der Waals surface area contributed by atoms with Gasteiger partial charge < -0.3 is 14.7 Å². The van der Waals surface area contributed by atoms with Gasteiger partial charge in [-0.2, -0.15) is 11.3 Å². The van der Waals surface area contributed by atoms with Crippen LogP contribution in [-0.4, -0.2) is 50.9 Å². The lowest BCUT2D eigenvalue weighted by Gasteiger charge is -2.40. The highest BCUT2D eigenvalue weighted by atomic mass is 32.1. The Bertz CT molecular complexity index is 1200. The summed E-state index contributed by atoms with van der Waals surface area (Å²) >= 11 is 1.53. The number of amides is 4. The summed E-state index contributed by atoms with van der Waals surface area (Å²) in [5.74, 6) is 0.0666. The standard InChI is InChI=1S/C25H27N5O4S/c1-2-4-20-13-21(28-34-20)22(31)29-10-6-18(7-11-29)25(19-5-3-9-26-14-19)23(32)30(24(33)27-25)15-17-8-12-35-16-17/h3,5,8-9,12-14,16,18H,2,4,6-7,10-11,15H2,1H3,(H,27,33)/t25-/m0/s1. The first kappa shape index (κ1) is 23.2. The van der Waals surface area contributed by atoms with Gasteiger partial charge in [-0.15, -0.1) is 0 Å². The Morgan fingerprint density at radius 3 is 2.80 bits per heavy atom. The van der Waals surface area contributed by atoms with Gasteiger partial charge >= 0.3 is 6.03 Å². The lowest BCUT2D eigenvalue weighted by molar-refractivity contribution is -0.134. The topological polar surface area (TPSA) is 109 Å². The van der Waals surface area contributed by atoms with Crippen LogP contribution in [0.4, 0.5) is 4.79 Å². The maximum absolute atomic E-state index is 13.9. The van der Waals surface area contributed by atoms with Crippen molar-refractivity contribution in [3.63, 3.8) is 0 Å². The molecule has 0 aromatic carbocycles. The molecule has 0 saturated carbocycles. The average molecular weight is 494 g/mol. The first-order valence-electron chi connectivity index (χ1n) is 11.8. The van der Waals surface area contributed by atoms with E-state index in [2.05, 4.69) is 15.5 Å². The van der Waals surface area contributed by atoms with Crippen LogP contribution in [0.3, 0.4) is 0 Å². The van der Waals surface area contributed by atoms with Crippen molar-refractivity contribution in [1.29, 1.82) is 0 Å². The molecule has 35 heavy (non-hydrogen) atoms. The smallest absolute Gasteiger partial charge is 0.325 e. The number of likely N-dealkylation sites (tertiary alicyclic amines) is 1. The van der Waals surface area contributed by atoms with Gasteiger partial charge in [-0.3, -0.25) is 19.5 Å². The molecule has 3 aromatic rings. The molecule has 1 N–H and O–H groups in total. The molecule has 0 spiro atoms. The molecule has 10 heteroatoms. The van der Waals surface area contributed by atoms with Gasteiger partial charge in [-0.1, -0.05) is 18.1 Å². The number of hydrogen-bond donors (Lipinski definition) is 1. The van der Waals surface area contributed by atoms with Crippen LogP contribution in [0.2, 0.25) is 0 Å². The monoisotopic (exact) mass is 493 g/mol. The fourth-order valence-corrected chi connectivity index (χ4v) is 5.72. The molecule has 5 rings (SSSR count). The Labute approximate surface area is 207 Å². The molecular weight excluding hydrogens is 466 g/mol. The normalized spacial score (nSPS) is 20.9. The van der Waals surface area contributed by atoms with Gasteiger partial charge in [0.15, 0.2) is 11.2 Å². The van der Waals surface area contributed by atoms with Crippen molar-refractivity contribution in [2.24, 2.45) is 5.92 Å². The minimum absolute atomic E-state index is 0.175. The van der Waals surface area contributed by atoms with E-state index in [0.29, 0.717) is 42.9 Å².